The molecule has 0 saturated carbocycles. The van der Waals surface area contributed by atoms with Crippen molar-refractivity contribution in [1.82, 2.24) is 0 Å². The van der Waals surface area contributed by atoms with E-state index in [-0.39, 0.29) is 86.3 Å². The molecule has 0 aromatic heterocycles. The van der Waals surface area contributed by atoms with Gasteiger partial charge >= 0.3 is 71.1 Å². The van der Waals surface area contributed by atoms with Gasteiger partial charge in [-0.15, -0.1) is 19.1 Å². The molecular weight excluding hydrogens is 661 g/mol. The van der Waals surface area contributed by atoms with Crippen molar-refractivity contribution in [3.63, 3.8) is 0 Å². The number of thiol groups is 1. The molecular formula is C34H63Na2O9PS. The van der Waals surface area contributed by atoms with Crippen molar-refractivity contribution in [2.45, 2.75) is 110 Å². The van der Waals surface area contributed by atoms with Crippen molar-refractivity contribution in [1.29, 1.82) is 0 Å². The van der Waals surface area contributed by atoms with Crippen molar-refractivity contribution in [2.24, 2.45) is 0 Å². The van der Waals surface area contributed by atoms with E-state index in [4.69, 9.17) is 15.9 Å². The van der Waals surface area contributed by atoms with Crippen LogP contribution < -0.4 is 68.9 Å². The maximum Gasteiger partial charge on any atom is 1.00 e. The van der Waals surface area contributed by atoms with E-state index >= 15 is 0 Å². The summed E-state index contributed by atoms with van der Waals surface area (Å²) in [6.07, 6.45) is 18.8. The van der Waals surface area contributed by atoms with E-state index in [9.17, 15) is 28.7 Å². The summed E-state index contributed by atoms with van der Waals surface area (Å²) in [5, 5.41) is -0.139. The minimum atomic E-state index is -5.32. The second-order valence-electron chi connectivity index (χ2n) is 9.36. The van der Waals surface area contributed by atoms with Gasteiger partial charge in [0.2, 0.25) is 0 Å². The molecule has 0 fully saturated rings. The average molecular weight is 725 g/mol. The van der Waals surface area contributed by atoms with Crippen LogP contribution in [0, 0.1) is 71.5 Å². The summed E-state index contributed by atoms with van der Waals surface area (Å²) in [5.41, 5.74) is 0. The van der Waals surface area contributed by atoms with Gasteiger partial charge < -0.3 is 28.3 Å². The maximum absolute atomic E-state index is 12.2. The zero-order chi connectivity index (χ0) is 34.0. The van der Waals surface area contributed by atoms with Gasteiger partial charge in [0.15, 0.2) is 11.2 Å². The van der Waals surface area contributed by atoms with Crippen molar-refractivity contribution in [3.05, 3.63) is 0 Å². The number of ether oxygens (including phenoxy) is 2. The molecule has 0 rings (SSSR count). The number of rotatable bonds is 20. The van der Waals surface area contributed by atoms with Crippen LogP contribution in [0.2, 0.25) is 0 Å². The molecule has 0 spiro atoms. The zero-order valence-corrected chi connectivity index (χ0v) is 33.8. The van der Waals surface area contributed by atoms with Gasteiger partial charge in [0.05, 0.1) is 14.4 Å². The van der Waals surface area contributed by atoms with Gasteiger partial charge in [0, 0.05) is 35.0 Å². The van der Waals surface area contributed by atoms with Crippen molar-refractivity contribution < 1.29 is 118 Å². The Morgan fingerprint density at radius 3 is 1.57 bits per heavy atom. The first kappa shape index (κ1) is 52.2. The van der Waals surface area contributed by atoms with E-state index in [1.165, 1.54) is 64.7 Å². The second-order valence-corrected chi connectivity index (χ2v) is 11.1. The van der Waals surface area contributed by atoms with Gasteiger partial charge in [0.25, 0.3) is 0 Å². The normalized spacial score (nSPS) is 9.45. The van der Waals surface area contributed by atoms with Crippen LogP contribution in [0.5, 0.6) is 0 Å². The van der Waals surface area contributed by atoms with E-state index in [0.29, 0.717) is 6.42 Å². The van der Waals surface area contributed by atoms with Crippen LogP contribution in [0.4, 0.5) is 0 Å². The Morgan fingerprint density at radius 1 is 0.745 bits per heavy atom. The first-order valence-electron chi connectivity index (χ1n) is 14.7. The van der Waals surface area contributed by atoms with Crippen molar-refractivity contribution in [3.8, 4) is 71.5 Å². The van der Waals surface area contributed by atoms with Crippen LogP contribution in [0.25, 0.3) is 0 Å². The summed E-state index contributed by atoms with van der Waals surface area (Å²) >= 11 is 3.33. The minimum absolute atomic E-state index is 0. The number of carbonyl (C=O) groups is 3. The Morgan fingerprint density at radius 2 is 1.15 bits per heavy atom. The third-order valence-electron chi connectivity index (χ3n) is 5.34. The third-order valence-corrected chi connectivity index (χ3v) is 5.80. The molecule has 0 aliphatic rings. The standard InChI is InChI=1S/C32H39O8P.C2H4OS.2Na.11H2/c1-3-5-7-9-11-13-15-16-17-19-21-23-25-27-32(34)40-30(29-39-41(35,36)37)28-38-31(33)26-24-22-20-18-14-12-10-8-6-4-2;1-2(3)4;;;;;;;;;;;;;/h2,30H,3,5,7,9,11,13,15-17,19,21,23,25,27-29H2,1H3,(H2,35,36,37);1H3,(H,3,4);;;11*1H/q;;2*+1;;;;;;;;;;;/p-2/t30-;;;;;;;;;;;;;;/m1............../s1. The maximum atomic E-state index is 12.2. The molecule has 13 heteroatoms. The fourth-order valence-electron chi connectivity index (χ4n) is 3.36. The molecule has 0 aromatic rings. The molecule has 0 heterocycles. The molecule has 9 nitrogen and oxygen atoms in total. The van der Waals surface area contributed by atoms with E-state index in [1.807, 2.05) is 0 Å². The Labute approximate surface area is 347 Å². The number of phosphoric acid groups is 1. The van der Waals surface area contributed by atoms with Crippen molar-refractivity contribution >= 4 is 37.5 Å². The largest absolute Gasteiger partial charge is 1.00 e. The summed E-state index contributed by atoms with van der Waals surface area (Å²) in [7, 11) is -5.32. The summed E-state index contributed by atoms with van der Waals surface area (Å²) in [5.74, 6) is 23.5. The Hall–Kier alpha value is -1.57. The van der Waals surface area contributed by atoms with Crippen LogP contribution in [0.15, 0.2) is 0 Å². The molecule has 0 saturated heterocycles. The molecule has 0 N–H and O–H groups in total. The molecule has 0 aromatic carbocycles. The van der Waals surface area contributed by atoms with E-state index in [1.54, 1.807) is 0 Å². The summed E-state index contributed by atoms with van der Waals surface area (Å²) in [4.78, 5) is 54.9. The minimum Gasteiger partial charge on any atom is -0.790 e. The quantitative estimate of drug-likeness (QED) is 0.0364. The molecule has 0 unspecified atom stereocenters. The van der Waals surface area contributed by atoms with Crippen LogP contribution in [-0.2, 0) is 32.9 Å². The van der Waals surface area contributed by atoms with E-state index < -0.39 is 39.1 Å². The Bertz CT molecular complexity index is 1330. The van der Waals surface area contributed by atoms with Gasteiger partial charge in [-0.3, -0.25) is 9.59 Å². The van der Waals surface area contributed by atoms with Crippen molar-refractivity contribution in [2.75, 3.05) is 13.2 Å². The third kappa shape index (κ3) is 48.9. The first-order valence-corrected chi connectivity index (χ1v) is 16.6. The summed E-state index contributed by atoms with van der Waals surface area (Å²) in [6.45, 7) is 2.27. The van der Waals surface area contributed by atoms with Gasteiger partial charge in [-0.25, -0.2) is 4.79 Å². The molecule has 0 aliphatic heterocycles. The zero-order valence-electron chi connectivity index (χ0n) is 28.0. The molecule has 266 valence electrons. The molecule has 0 bridgehead atoms. The van der Waals surface area contributed by atoms with E-state index in [2.05, 4.69) is 89.2 Å². The Balaban J connectivity index is -0.0000000797. The SMILES string of the molecule is C#CC#CC#CC#CC#CC#CC(=O)OC[C@H](COP(=O)([O-])[O-])OC(=O)CCCCCCCCCCCCCCC.CC(=O)S.[HH].[HH].[HH].[HH].[HH].[HH].[HH].[HH].[HH].[HH].[HH].[Na+].[Na+]. The number of esters is 2. The smallest absolute Gasteiger partial charge is 0.790 e. The van der Waals surface area contributed by atoms with Crippen LogP contribution in [-0.4, -0.2) is 36.4 Å². The number of unbranched alkanes of at least 4 members (excludes halogenated alkanes) is 12. The number of terminal acetylenes is 1. The van der Waals surface area contributed by atoms with Crippen LogP contribution in [0.1, 0.15) is 119 Å². The topological polar surface area (TPSA) is 142 Å². The number of hydrogen-bond donors (Lipinski definition) is 1. The number of carbonyl (C=O) groups excluding carboxylic acids is 3. The summed E-state index contributed by atoms with van der Waals surface area (Å²) in [6, 6.07) is 0. The first-order chi connectivity index (χ1) is 21.5. The molecule has 0 radical (unpaired) electrons. The summed E-state index contributed by atoms with van der Waals surface area (Å²) < 4.78 is 25.0. The fourth-order valence-corrected chi connectivity index (χ4v) is 3.71. The van der Waals surface area contributed by atoms with E-state index in [0.717, 1.165) is 19.3 Å². The van der Waals surface area contributed by atoms with Crippen LogP contribution >= 0.6 is 20.5 Å². The van der Waals surface area contributed by atoms with Gasteiger partial charge in [-0.05, 0) is 65.6 Å². The average Bonchev–Trinajstić information content (AvgIpc) is 2.97. The molecule has 47 heavy (non-hydrogen) atoms. The van der Waals surface area contributed by atoms with Gasteiger partial charge in [0.1, 0.15) is 6.61 Å². The molecule has 0 amide bonds. The fraction of sp³-hybridized carbons (Fsp3) is 0.559. The predicted octanol–water partition coefficient (Wildman–Crippen LogP) is 0.595. The van der Waals surface area contributed by atoms with Crippen LogP contribution in [0.3, 0.4) is 0 Å². The Kier molecular flexibility index (Phi) is 43.2. The number of hydrogen-bond acceptors (Lipinski definition) is 9. The van der Waals surface area contributed by atoms with Gasteiger partial charge in [-0.1, -0.05) is 84.0 Å². The molecule has 0 aliphatic carbocycles. The number of phosphoric ester groups is 1. The molecule has 1 atom stereocenters. The second kappa shape index (κ2) is 38.9. The van der Waals surface area contributed by atoms with Gasteiger partial charge in [-0.2, -0.15) is 0 Å². The monoisotopic (exact) mass is 724 g/mol. The predicted molar refractivity (Wildman–Crippen MR) is 195 cm³/mol.